The minimum atomic E-state index is -1.04. The van der Waals surface area contributed by atoms with Crippen molar-refractivity contribution < 1.29 is 14.3 Å². The molecule has 1 N–H and O–H groups in total. The number of hydrogen-bond donors (Lipinski definition) is 1. The van der Waals surface area contributed by atoms with Gasteiger partial charge in [0.05, 0.1) is 15.6 Å². The first kappa shape index (κ1) is 11.8. The summed E-state index contributed by atoms with van der Waals surface area (Å²) in [4.78, 5) is 10.2. The maximum absolute atomic E-state index is 12.7. The van der Waals surface area contributed by atoms with E-state index < -0.39 is 11.8 Å². The van der Waals surface area contributed by atoms with E-state index >= 15 is 0 Å². The summed E-state index contributed by atoms with van der Waals surface area (Å²) < 4.78 is 12.7. The summed E-state index contributed by atoms with van der Waals surface area (Å²) in [5, 5.41) is 8.48. The molecule has 0 aliphatic rings. The summed E-state index contributed by atoms with van der Waals surface area (Å²) in [5.41, 5.74) is 0.237. The third-order valence-electron chi connectivity index (χ3n) is 1.46. The second kappa shape index (κ2) is 5.01. The Morgan fingerprint density at radius 1 is 1.40 bits per heavy atom. The van der Waals surface area contributed by atoms with Gasteiger partial charge in [-0.2, -0.15) is 0 Å². The molecule has 0 unspecified atom stereocenters. The molecular formula is C10H5Cl2FO2. The molecule has 1 rings (SSSR count). The predicted molar refractivity (Wildman–Crippen MR) is 55.6 cm³/mol. The number of halogens is 3. The lowest BCUT2D eigenvalue weighted by molar-refractivity contribution is -0.135. The van der Waals surface area contributed by atoms with Crippen LogP contribution in [0.4, 0.5) is 4.39 Å². The van der Waals surface area contributed by atoms with Crippen molar-refractivity contribution in [3.63, 3.8) is 0 Å². The van der Waals surface area contributed by atoms with E-state index in [1.807, 2.05) is 0 Å². The van der Waals surface area contributed by atoms with Gasteiger partial charge in [0.25, 0.3) is 0 Å². The molecule has 0 amide bonds. The van der Waals surface area contributed by atoms with Gasteiger partial charge in [-0.1, -0.05) is 35.0 Å². The van der Waals surface area contributed by atoms with Crippen molar-refractivity contribution in [2.24, 2.45) is 0 Å². The van der Waals surface area contributed by atoms with Gasteiger partial charge in [-0.3, -0.25) is 4.79 Å². The van der Waals surface area contributed by atoms with E-state index in [2.05, 4.69) is 11.8 Å². The maximum Gasteiger partial charge on any atom is 0.315 e. The summed E-state index contributed by atoms with van der Waals surface area (Å²) >= 11 is 11.4. The van der Waals surface area contributed by atoms with Crippen molar-refractivity contribution >= 4 is 29.2 Å². The van der Waals surface area contributed by atoms with Crippen LogP contribution in [0.3, 0.4) is 0 Å². The zero-order valence-electron chi connectivity index (χ0n) is 7.35. The van der Waals surface area contributed by atoms with E-state index in [1.54, 1.807) is 0 Å². The van der Waals surface area contributed by atoms with Crippen molar-refractivity contribution in [2.45, 2.75) is 6.42 Å². The van der Waals surface area contributed by atoms with Crippen LogP contribution in [-0.4, -0.2) is 11.1 Å². The Hall–Kier alpha value is -1.24. The highest BCUT2D eigenvalue weighted by Gasteiger charge is 2.05. The molecule has 15 heavy (non-hydrogen) atoms. The number of carboxylic acid groups (broad SMARTS) is 1. The number of carboxylic acids is 1. The minimum absolute atomic E-state index is 0.0675. The highest BCUT2D eigenvalue weighted by atomic mass is 35.5. The fourth-order valence-electron chi connectivity index (χ4n) is 0.870. The lowest BCUT2D eigenvalue weighted by atomic mass is 10.2. The van der Waals surface area contributed by atoms with Gasteiger partial charge < -0.3 is 5.11 Å². The normalized spacial score (nSPS) is 9.27. The zero-order chi connectivity index (χ0) is 11.4. The molecule has 5 heteroatoms. The second-order valence-corrected chi connectivity index (χ2v) is 3.43. The van der Waals surface area contributed by atoms with Gasteiger partial charge in [-0.25, -0.2) is 4.39 Å². The molecule has 0 aromatic heterocycles. The fraction of sp³-hybridized carbons (Fsp3) is 0.100. The molecule has 1 aromatic carbocycles. The second-order valence-electron chi connectivity index (χ2n) is 2.62. The number of carbonyl (C=O) groups is 1. The fourth-order valence-corrected chi connectivity index (χ4v) is 1.42. The summed E-state index contributed by atoms with van der Waals surface area (Å²) in [6.07, 6.45) is -0.315. The topological polar surface area (TPSA) is 37.3 Å². The van der Waals surface area contributed by atoms with Crippen molar-refractivity contribution in [1.82, 2.24) is 0 Å². The van der Waals surface area contributed by atoms with Gasteiger partial charge in [0.2, 0.25) is 0 Å². The number of rotatable bonds is 1. The SMILES string of the molecule is O=C(O)CC#Cc1c(Cl)cc(F)cc1Cl. The van der Waals surface area contributed by atoms with Gasteiger partial charge >= 0.3 is 5.97 Å². The van der Waals surface area contributed by atoms with Crippen molar-refractivity contribution in [2.75, 3.05) is 0 Å². The Balaban J connectivity index is 3.03. The largest absolute Gasteiger partial charge is 0.481 e. The lowest BCUT2D eigenvalue weighted by Gasteiger charge is -1.99. The third-order valence-corrected chi connectivity index (χ3v) is 2.06. The molecular weight excluding hydrogens is 242 g/mol. The molecule has 0 aliphatic carbocycles. The Morgan fingerprint density at radius 2 is 1.93 bits per heavy atom. The van der Waals surface area contributed by atoms with E-state index in [9.17, 15) is 9.18 Å². The predicted octanol–water partition coefficient (Wildman–Crippen LogP) is 2.96. The first-order valence-electron chi connectivity index (χ1n) is 3.86. The molecule has 0 fully saturated rings. The summed E-state index contributed by atoms with van der Waals surface area (Å²) in [5.74, 6) is 3.23. The van der Waals surface area contributed by atoms with Crippen LogP contribution in [0.5, 0.6) is 0 Å². The zero-order valence-corrected chi connectivity index (χ0v) is 8.86. The van der Waals surface area contributed by atoms with Crippen LogP contribution < -0.4 is 0 Å². The van der Waals surface area contributed by atoms with E-state index in [1.165, 1.54) is 0 Å². The van der Waals surface area contributed by atoms with E-state index in [-0.39, 0.29) is 22.0 Å². The summed E-state index contributed by atoms with van der Waals surface area (Å²) in [6.45, 7) is 0. The van der Waals surface area contributed by atoms with Crippen LogP contribution in [0, 0.1) is 17.7 Å². The molecule has 0 radical (unpaired) electrons. The van der Waals surface area contributed by atoms with Gasteiger partial charge in [0, 0.05) is 0 Å². The van der Waals surface area contributed by atoms with Crippen LogP contribution in [0.1, 0.15) is 12.0 Å². The first-order valence-corrected chi connectivity index (χ1v) is 4.61. The molecule has 0 saturated carbocycles. The van der Waals surface area contributed by atoms with E-state index in [4.69, 9.17) is 28.3 Å². The monoisotopic (exact) mass is 246 g/mol. The Labute approximate surface area is 95.6 Å². The molecule has 2 nitrogen and oxygen atoms in total. The molecule has 0 spiro atoms. The summed E-state index contributed by atoms with van der Waals surface area (Å²) in [6, 6.07) is 2.14. The van der Waals surface area contributed by atoms with Crippen molar-refractivity contribution in [3.05, 3.63) is 33.6 Å². The molecule has 0 heterocycles. The molecule has 0 atom stereocenters. The minimum Gasteiger partial charge on any atom is -0.481 e. The van der Waals surface area contributed by atoms with E-state index in [0.717, 1.165) is 12.1 Å². The highest BCUT2D eigenvalue weighted by molar-refractivity contribution is 6.36. The quantitative estimate of drug-likeness (QED) is 0.774. The van der Waals surface area contributed by atoms with Gasteiger partial charge in [0.1, 0.15) is 12.2 Å². The Kier molecular flexibility index (Phi) is 3.96. The van der Waals surface area contributed by atoms with Crippen molar-refractivity contribution in [1.29, 1.82) is 0 Å². The number of benzene rings is 1. The Morgan fingerprint density at radius 3 is 2.40 bits per heavy atom. The van der Waals surface area contributed by atoms with Crippen LogP contribution in [-0.2, 0) is 4.79 Å². The van der Waals surface area contributed by atoms with Crippen LogP contribution in [0.25, 0.3) is 0 Å². The van der Waals surface area contributed by atoms with Crippen LogP contribution in [0.15, 0.2) is 12.1 Å². The van der Waals surface area contributed by atoms with Crippen LogP contribution in [0.2, 0.25) is 10.0 Å². The Bertz CT molecular complexity index is 437. The van der Waals surface area contributed by atoms with Crippen LogP contribution >= 0.6 is 23.2 Å². The van der Waals surface area contributed by atoms with Gasteiger partial charge in [-0.15, -0.1) is 0 Å². The maximum atomic E-state index is 12.7. The number of hydrogen-bond acceptors (Lipinski definition) is 1. The first-order chi connectivity index (χ1) is 7.00. The highest BCUT2D eigenvalue weighted by Crippen LogP contribution is 2.24. The third kappa shape index (κ3) is 3.43. The van der Waals surface area contributed by atoms with E-state index in [0.29, 0.717) is 0 Å². The number of aliphatic carboxylic acids is 1. The molecule has 0 saturated heterocycles. The van der Waals surface area contributed by atoms with Crippen molar-refractivity contribution in [3.8, 4) is 11.8 Å². The molecule has 0 bridgehead atoms. The summed E-state index contributed by atoms with van der Waals surface area (Å²) in [7, 11) is 0. The average molecular weight is 247 g/mol. The van der Waals surface area contributed by atoms with Gasteiger partial charge in [-0.05, 0) is 12.1 Å². The standard InChI is InChI=1S/C10H5Cl2FO2/c11-8-4-6(13)5-9(12)7(8)2-1-3-10(14)15/h4-5H,3H2,(H,14,15). The molecule has 78 valence electrons. The molecule has 1 aromatic rings. The molecule has 0 aliphatic heterocycles. The average Bonchev–Trinajstić information content (AvgIpc) is 2.08. The van der Waals surface area contributed by atoms with Gasteiger partial charge in [0.15, 0.2) is 0 Å². The smallest absolute Gasteiger partial charge is 0.315 e. The lowest BCUT2D eigenvalue weighted by Crippen LogP contribution is -1.90.